The van der Waals surface area contributed by atoms with Crippen molar-refractivity contribution in [3.05, 3.63) is 10.6 Å². The summed E-state index contributed by atoms with van der Waals surface area (Å²) in [6.45, 7) is 7.40. The van der Waals surface area contributed by atoms with E-state index in [2.05, 4.69) is 29.6 Å². The Bertz CT molecular complexity index is 93.8. The quantitative estimate of drug-likeness (QED) is 0.769. The minimum Gasteiger partial charge on any atom is -0.668 e. The van der Waals surface area contributed by atoms with E-state index in [0.29, 0.717) is 0 Å². The Morgan fingerprint density at radius 1 is 1.27 bits per heavy atom. The third kappa shape index (κ3) is 17.6. The Balaban J connectivity index is -0.000000209. The molecule has 1 unspecified atom stereocenters. The zero-order valence-electron chi connectivity index (χ0n) is 11.3. The van der Waals surface area contributed by atoms with Gasteiger partial charge < -0.3 is 15.5 Å². The first-order chi connectivity index (χ1) is 6.70. The normalized spacial score (nSPS) is 18.2. The van der Waals surface area contributed by atoms with Crippen LogP contribution >= 0.6 is 0 Å². The second-order valence-electron chi connectivity index (χ2n) is 3.49. The second kappa shape index (κ2) is 17.4. The molecule has 1 heterocycles. The van der Waals surface area contributed by atoms with E-state index in [9.17, 15) is 0 Å². The summed E-state index contributed by atoms with van der Waals surface area (Å²) in [5.41, 5.74) is 0. The standard InChI is InChI=1S/C7H15N2.C2H6N.C2H6.Y/c1-9(2)6-7-3-4-8-5-7;1-3-2;1-2;/h7H,3-6H2,1-2H3;1-2H3;1-2H3;/q2*-1;;. The van der Waals surface area contributed by atoms with Gasteiger partial charge in [-0.1, -0.05) is 20.3 Å². The van der Waals surface area contributed by atoms with Gasteiger partial charge in [-0.05, 0) is 26.6 Å². The predicted molar refractivity (Wildman–Crippen MR) is 66.3 cm³/mol. The Hall–Kier alpha value is 0.984. The van der Waals surface area contributed by atoms with Crippen molar-refractivity contribution in [1.82, 2.24) is 4.90 Å². The predicted octanol–water partition coefficient (Wildman–Crippen LogP) is 2.59. The molecule has 0 bridgehead atoms. The zero-order chi connectivity index (χ0) is 11.4. The van der Waals surface area contributed by atoms with E-state index in [1.807, 2.05) is 13.8 Å². The summed E-state index contributed by atoms with van der Waals surface area (Å²) in [4.78, 5) is 2.24. The number of hydrogen-bond donors (Lipinski definition) is 0. The van der Waals surface area contributed by atoms with Crippen molar-refractivity contribution in [1.29, 1.82) is 0 Å². The fourth-order valence-electron chi connectivity index (χ4n) is 1.30. The summed E-state index contributed by atoms with van der Waals surface area (Å²) in [7, 11) is 7.75. The Morgan fingerprint density at radius 2 is 1.73 bits per heavy atom. The number of nitrogens with zero attached hydrogens (tertiary/aromatic N) is 3. The second-order valence-corrected chi connectivity index (χ2v) is 3.49. The van der Waals surface area contributed by atoms with Gasteiger partial charge >= 0.3 is 0 Å². The minimum atomic E-state index is 0. The maximum Gasteiger partial charge on any atom is 0 e. The summed E-state index contributed by atoms with van der Waals surface area (Å²) in [6.07, 6.45) is 1.30. The van der Waals surface area contributed by atoms with Crippen LogP contribution in [0.5, 0.6) is 0 Å². The molecule has 91 valence electrons. The van der Waals surface area contributed by atoms with Gasteiger partial charge in [0.15, 0.2) is 0 Å². The maximum atomic E-state index is 4.29. The van der Waals surface area contributed by atoms with Gasteiger partial charge in [0.1, 0.15) is 0 Å². The molecular weight excluding hydrogens is 263 g/mol. The van der Waals surface area contributed by atoms with Crippen molar-refractivity contribution in [2.75, 3.05) is 47.8 Å². The van der Waals surface area contributed by atoms with Crippen LogP contribution in [-0.4, -0.2) is 52.7 Å². The zero-order valence-corrected chi connectivity index (χ0v) is 14.2. The van der Waals surface area contributed by atoms with Crippen LogP contribution in [0.1, 0.15) is 20.3 Å². The Kier molecular flexibility index (Phi) is 24.7. The first-order valence-electron chi connectivity index (χ1n) is 5.46. The van der Waals surface area contributed by atoms with Gasteiger partial charge in [-0.15, -0.1) is 13.1 Å². The Labute approximate surface area is 122 Å². The van der Waals surface area contributed by atoms with Crippen LogP contribution in [0, 0.1) is 5.92 Å². The summed E-state index contributed by atoms with van der Waals surface area (Å²) >= 11 is 0. The van der Waals surface area contributed by atoms with Gasteiger partial charge in [-0.25, -0.2) is 0 Å². The minimum absolute atomic E-state index is 0. The largest absolute Gasteiger partial charge is 0.668 e. The van der Waals surface area contributed by atoms with Crippen LogP contribution < -0.4 is 0 Å². The van der Waals surface area contributed by atoms with E-state index in [4.69, 9.17) is 0 Å². The smallest absolute Gasteiger partial charge is 0 e. The summed E-state index contributed by atoms with van der Waals surface area (Å²) in [5, 5.41) is 7.79. The van der Waals surface area contributed by atoms with Crippen molar-refractivity contribution in [3.63, 3.8) is 0 Å². The molecular formula is C11H27N3Y-2. The molecule has 4 heteroatoms. The number of rotatable bonds is 2. The molecule has 0 amide bonds. The molecule has 0 aromatic heterocycles. The monoisotopic (exact) mass is 290 g/mol. The van der Waals surface area contributed by atoms with Crippen molar-refractivity contribution in [3.8, 4) is 0 Å². The van der Waals surface area contributed by atoms with Crippen molar-refractivity contribution in [2.24, 2.45) is 5.92 Å². The van der Waals surface area contributed by atoms with Gasteiger partial charge in [-0.3, -0.25) is 0 Å². The molecule has 1 aliphatic heterocycles. The molecule has 1 aliphatic rings. The molecule has 1 rings (SSSR count). The number of hydrogen-bond acceptors (Lipinski definition) is 1. The molecule has 1 radical (unpaired) electrons. The fraction of sp³-hybridized carbons (Fsp3) is 1.00. The van der Waals surface area contributed by atoms with Crippen LogP contribution in [0.15, 0.2) is 0 Å². The molecule has 0 N–H and O–H groups in total. The van der Waals surface area contributed by atoms with E-state index in [-0.39, 0.29) is 32.7 Å². The van der Waals surface area contributed by atoms with Crippen LogP contribution in [0.25, 0.3) is 10.6 Å². The van der Waals surface area contributed by atoms with Gasteiger partial charge in [0.05, 0.1) is 0 Å². The van der Waals surface area contributed by atoms with Gasteiger partial charge in [0.2, 0.25) is 0 Å². The van der Waals surface area contributed by atoms with Crippen molar-refractivity contribution in [2.45, 2.75) is 20.3 Å². The molecule has 0 saturated carbocycles. The average molecular weight is 290 g/mol. The Morgan fingerprint density at radius 3 is 2.00 bits per heavy atom. The van der Waals surface area contributed by atoms with Crippen molar-refractivity contribution >= 4 is 0 Å². The van der Waals surface area contributed by atoms with E-state index < -0.39 is 0 Å². The molecule has 1 saturated heterocycles. The van der Waals surface area contributed by atoms with E-state index in [1.54, 1.807) is 14.1 Å². The van der Waals surface area contributed by atoms with Gasteiger partial charge in [0, 0.05) is 32.7 Å². The molecule has 15 heavy (non-hydrogen) atoms. The molecule has 3 nitrogen and oxygen atoms in total. The van der Waals surface area contributed by atoms with Crippen molar-refractivity contribution < 1.29 is 32.7 Å². The molecule has 1 fully saturated rings. The van der Waals surface area contributed by atoms with E-state index >= 15 is 0 Å². The van der Waals surface area contributed by atoms with Crippen LogP contribution in [0.2, 0.25) is 0 Å². The first kappa shape index (κ1) is 21.3. The van der Waals surface area contributed by atoms with E-state index in [1.165, 1.54) is 13.0 Å². The topological polar surface area (TPSA) is 31.4 Å². The molecule has 0 aromatic rings. The third-order valence-electron chi connectivity index (χ3n) is 1.71. The summed E-state index contributed by atoms with van der Waals surface area (Å²) in [6, 6.07) is 0. The van der Waals surface area contributed by atoms with E-state index in [0.717, 1.165) is 19.0 Å². The first-order valence-corrected chi connectivity index (χ1v) is 5.46. The summed E-state index contributed by atoms with van der Waals surface area (Å²) < 4.78 is 0. The molecule has 0 aliphatic carbocycles. The molecule has 1 atom stereocenters. The maximum absolute atomic E-state index is 4.29. The average Bonchev–Trinajstić information content (AvgIpc) is 2.61. The molecule has 0 aromatic carbocycles. The SMILES string of the molecule is CC.CN(C)CC1CC[N-]C1.C[N-]C.[Y]. The van der Waals surface area contributed by atoms with Crippen LogP contribution in [0.3, 0.4) is 0 Å². The van der Waals surface area contributed by atoms with Gasteiger partial charge in [0.25, 0.3) is 0 Å². The molecule has 0 spiro atoms. The fourth-order valence-corrected chi connectivity index (χ4v) is 1.30. The summed E-state index contributed by atoms with van der Waals surface area (Å²) in [5.74, 6) is 0.847. The van der Waals surface area contributed by atoms with Gasteiger partial charge in [-0.2, -0.15) is 14.1 Å². The van der Waals surface area contributed by atoms with Crippen LogP contribution in [0.4, 0.5) is 0 Å². The third-order valence-corrected chi connectivity index (χ3v) is 1.71. The van der Waals surface area contributed by atoms with Crippen LogP contribution in [-0.2, 0) is 32.7 Å².